The number of hydrogen-bond donors (Lipinski definition) is 0. The molecule has 0 atom stereocenters. The number of halogens is 2. The van der Waals surface area contributed by atoms with Gasteiger partial charge in [0, 0.05) is 18.2 Å². The molecule has 3 aromatic carbocycles. The summed E-state index contributed by atoms with van der Waals surface area (Å²) in [6.45, 7) is 2.80. The highest BCUT2D eigenvalue weighted by molar-refractivity contribution is 5.95. The van der Waals surface area contributed by atoms with Gasteiger partial charge in [-0.25, -0.2) is 18.6 Å². The summed E-state index contributed by atoms with van der Waals surface area (Å²) in [5, 5.41) is 0. The van der Waals surface area contributed by atoms with E-state index in [2.05, 4.69) is 11.9 Å². The van der Waals surface area contributed by atoms with Crippen LogP contribution >= 0.6 is 0 Å². The van der Waals surface area contributed by atoms with Gasteiger partial charge in [0.15, 0.2) is 0 Å². The van der Waals surface area contributed by atoms with Crippen LogP contribution in [0.25, 0.3) is 22.9 Å². The van der Waals surface area contributed by atoms with Crippen molar-refractivity contribution in [2.24, 2.45) is 0 Å². The Morgan fingerprint density at radius 2 is 1.55 bits per heavy atom. The topological polar surface area (TPSA) is 44.1 Å². The van der Waals surface area contributed by atoms with Crippen LogP contribution in [0.3, 0.4) is 0 Å². The standard InChI is InChI=1S/C25H20F2N2O2/c1-2-15-29-22-6-4-3-5-21(22)28-24(29)16-23(17-7-11-19(26)12-8-17)31-25(30)18-9-13-20(27)14-10-18/h3-14,16H,2,15H2,1H3. The number of fused-ring (bicyclic) bond motifs is 1. The number of aryl methyl sites for hydroxylation is 1. The Hall–Kier alpha value is -3.80. The first-order valence-corrected chi connectivity index (χ1v) is 9.96. The quantitative estimate of drug-likeness (QED) is 0.282. The molecule has 156 valence electrons. The Labute approximate surface area is 178 Å². The summed E-state index contributed by atoms with van der Waals surface area (Å²) in [5.74, 6) is -0.643. The Bertz CT molecular complexity index is 1240. The van der Waals surface area contributed by atoms with Crippen LogP contribution in [0, 0.1) is 11.6 Å². The van der Waals surface area contributed by atoms with Crippen LogP contribution in [0.5, 0.6) is 0 Å². The van der Waals surface area contributed by atoms with E-state index in [0.717, 1.165) is 24.0 Å². The molecule has 0 saturated carbocycles. The minimum absolute atomic E-state index is 0.205. The molecule has 0 fully saturated rings. The summed E-state index contributed by atoms with van der Waals surface area (Å²) >= 11 is 0. The van der Waals surface area contributed by atoms with Crippen molar-refractivity contribution in [2.45, 2.75) is 19.9 Å². The van der Waals surface area contributed by atoms with Gasteiger partial charge in [0.1, 0.15) is 23.2 Å². The van der Waals surface area contributed by atoms with Crippen molar-refractivity contribution >= 4 is 28.8 Å². The fraction of sp³-hybridized carbons (Fsp3) is 0.120. The van der Waals surface area contributed by atoms with Crippen molar-refractivity contribution in [2.75, 3.05) is 0 Å². The molecular weight excluding hydrogens is 398 g/mol. The molecule has 4 aromatic rings. The Balaban J connectivity index is 1.79. The van der Waals surface area contributed by atoms with Gasteiger partial charge >= 0.3 is 5.97 Å². The molecule has 31 heavy (non-hydrogen) atoms. The van der Waals surface area contributed by atoms with Crippen LogP contribution in [0.4, 0.5) is 8.78 Å². The van der Waals surface area contributed by atoms with Gasteiger partial charge in [-0.1, -0.05) is 19.1 Å². The number of para-hydroxylation sites is 2. The monoisotopic (exact) mass is 418 g/mol. The van der Waals surface area contributed by atoms with Crippen LogP contribution < -0.4 is 0 Å². The highest BCUT2D eigenvalue weighted by Crippen LogP contribution is 2.24. The summed E-state index contributed by atoms with van der Waals surface area (Å²) in [4.78, 5) is 17.4. The zero-order chi connectivity index (χ0) is 21.8. The number of rotatable bonds is 6. The minimum Gasteiger partial charge on any atom is -0.422 e. The molecule has 0 N–H and O–H groups in total. The smallest absolute Gasteiger partial charge is 0.343 e. The number of esters is 1. The van der Waals surface area contributed by atoms with Crippen molar-refractivity contribution in [3.8, 4) is 0 Å². The molecule has 0 bridgehead atoms. The molecule has 0 unspecified atom stereocenters. The molecule has 1 heterocycles. The second-order valence-corrected chi connectivity index (χ2v) is 7.02. The summed E-state index contributed by atoms with van der Waals surface area (Å²) in [6, 6.07) is 18.5. The third kappa shape index (κ3) is 4.53. The number of nitrogens with zero attached hydrogens (tertiary/aromatic N) is 2. The predicted octanol–water partition coefficient (Wildman–Crippen LogP) is 6.08. The van der Waals surface area contributed by atoms with Gasteiger partial charge in [-0.3, -0.25) is 0 Å². The number of hydrogen-bond acceptors (Lipinski definition) is 3. The van der Waals surface area contributed by atoms with Crippen molar-refractivity contribution in [3.05, 3.63) is 101 Å². The molecule has 0 saturated heterocycles. The second kappa shape index (κ2) is 8.92. The molecule has 0 aliphatic rings. The second-order valence-electron chi connectivity index (χ2n) is 7.02. The third-order valence-electron chi connectivity index (χ3n) is 4.80. The normalized spacial score (nSPS) is 11.6. The van der Waals surface area contributed by atoms with E-state index in [0.29, 0.717) is 11.4 Å². The van der Waals surface area contributed by atoms with Gasteiger partial charge in [0.05, 0.1) is 16.6 Å². The van der Waals surface area contributed by atoms with Crippen LogP contribution in [0.2, 0.25) is 0 Å². The minimum atomic E-state index is -0.645. The molecule has 0 aliphatic heterocycles. The van der Waals surface area contributed by atoms with Gasteiger partial charge in [-0.15, -0.1) is 0 Å². The maximum absolute atomic E-state index is 13.5. The molecule has 0 aliphatic carbocycles. The van der Waals surface area contributed by atoms with E-state index in [1.807, 2.05) is 28.8 Å². The number of ether oxygens (including phenoxy) is 1. The molecule has 0 spiro atoms. The van der Waals surface area contributed by atoms with Crippen LogP contribution in [-0.2, 0) is 11.3 Å². The summed E-state index contributed by atoms with van der Waals surface area (Å²) in [7, 11) is 0. The average molecular weight is 418 g/mol. The van der Waals surface area contributed by atoms with Gasteiger partial charge in [-0.2, -0.15) is 0 Å². The third-order valence-corrected chi connectivity index (χ3v) is 4.80. The fourth-order valence-corrected chi connectivity index (χ4v) is 3.31. The van der Waals surface area contributed by atoms with Crippen molar-refractivity contribution in [3.63, 3.8) is 0 Å². The molecule has 4 rings (SSSR count). The van der Waals surface area contributed by atoms with E-state index in [-0.39, 0.29) is 11.3 Å². The van der Waals surface area contributed by atoms with Crippen LogP contribution in [0.1, 0.15) is 35.1 Å². The predicted molar refractivity (Wildman–Crippen MR) is 116 cm³/mol. The lowest BCUT2D eigenvalue weighted by Crippen LogP contribution is -2.06. The van der Waals surface area contributed by atoms with E-state index in [1.54, 1.807) is 6.08 Å². The summed E-state index contributed by atoms with van der Waals surface area (Å²) in [6.07, 6.45) is 2.56. The highest BCUT2D eigenvalue weighted by atomic mass is 19.1. The van der Waals surface area contributed by atoms with Gasteiger partial charge < -0.3 is 9.30 Å². The molecule has 6 heteroatoms. The van der Waals surface area contributed by atoms with Crippen LogP contribution in [0.15, 0.2) is 72.8 Å². The average Bonchev–Trinajstić information content (AvgIpc) is 3.12. The Morgan fingerprint density at radius 1 is 0.935 bits per heavy atom. The lowest BCUT2D eigenvalue weighted by Gasteiger charge is -2.11. The number of imidazole rings is 1. The van der Waals surface area contributed by atoms with E-state index in [1.165, 1.54) is 48.5 Å². The first-order chi connectivity index (χ1) is 15.0. The van der Waals surface area contributed by atoms with Crippen molar-refractivity contribution < 1.29 is 18.3 Å². The molecule has 1 aromatic heterocycles. The van der Waals surface area contributed by atoms with E-state index >= 15 is 0 Å². The number of aromatic nitrogens is 2. The van der Waals surface area contributed by atoms with Gasteiger partial charge in [-0.05, 0) is 67.1 Å². The fourth-order valence-electron chi connectivity index (χ4n) is 3.31. The first-order valence-electron chi connectivity index (χ1n) is 9.96. The Morgan fingerprint density at radius 3 is 2.19 bits per heavy atom. The highest BCUT2D eigenvalue weighted by Gasteiger charge is 2.16. The maximum Gasteiger partial charge on any atom is 0.343 e. The summed E-state index contributed by atoms with van der Waals surface area (Å²) < 4.78 is 34.4. The van der Waals surface area contributed by atoms with Gasteiger partial charge in [0.2, 0.25) is 0 Å². The Kier molecular flexibility index (Phi) is 5.89. The van der Waals surface area contributed by atoms with E-state index < -0.39 is 17.6 Å². The number of carbonyl (C=O) groups excluding carboxylic acids is 1. The van der Waals surface area contributed by atoms with Crippen molar-refractivity contribution in [1.82, 2.24) is 9.55 Å². The molecule has 0 radical (unpaired) electrons. The summed E-state index contributed by atoms with van der Waals surface area (Å²) in [5.41, 5.74) is 2.52. The first kappa shape index (κ1) is 20.5. The molecular formula is C25H20F2N2O2. The van der Waals surface area contributed by atoms with E-state index in [4.69, 9.17) is 4.74 Å². The largest absolute Gasteiger partial charge is 0.422 e. The lowest BCUT2D eigenvalue weighted by molar-refractivity contribution is 0.0693. The molecule has 4 nitrogen and oxygen atoms in total. The number of carbonyl (C=O) groups is 1. The van der Waals surface area contributed by atoms with Gasteiger partial charge in [0.25, 0.3) is 0 Å². The zero-order valence-electron chi connectivity index (χ0n) is 16.9. The van der Waals surface area contributed by atoms with Crippen LogP contribution in [-0.4, -0.2) is 15.5 Å². The van der Waals surface area contributed by atoms with E-state index in [9.17, 15) is 13.6 Å². The number of benzene rings is 3. The maximum atomic E-state index is 13.5. The lowest BCUT2D eigenvalue weighted by atomic mass is 10.1. The molecule has 0 amide bonds. The van der Waals surface area contributed by atoms with Crippen molar-refractivity contribution in [1.29, 1.82) is 0 Å². The zero-order valence-corrected chi connectivity index (χ0v) is 16.9. The SMILES string of the molecule is CCCn1c(C=C(OC(=O)c2ccc(F)cc2)c2ccc(F)cc2)nc2ccccc21.